The molecule has 0 spiro atoms. The summed E-state index contributed by atoms with van der Waals surface area (Å²) in [6, 6.07) is 6.71. The Bertz CT molecular complexity index is 763. The Morgan fingerprint density at radius 1 is 1.17 bits per heavy atom. The molecule has 1 saturated heterocycles. The molecule has 1 aromatic heterocycles. The molecule has 1 atom stereocenters. The predicted octanol–water partition coefficient (Wildman–Crippen LogP) is 2.86. The van der Waals surface area contributed by atoms with Crippen molar-refractivity contribution in [2.24, 2.45) is 5.92 Å². The van der Waals surface area contributed by atoms with Gasteiger partial charge in [0, 0.05) is 36.2 Å². The molecular formula is C17H17ClN4O2. The molecule has 3 rings (SSSR count). The van der Waals surface area contributed by atoms with E-state index in [2.05, 4.69) is 22.2 Å². The summed E-state index contributed by atoms with van der Waals surface area (Å²) in [5.41, 5.74) is 0.679. The summed E-state index contributed by atoms with van der Waals surface area (Å²) in [6.45, 7) is 3.45. The van der Waals surface area contributed by atoms with E-state index in [1.807, 2.05) is 0 Å². The second kappa shape index (κ2) is 6.97. The van der Waals surface area contributed by atoms with E-state index in [1.165, 1.54) is 12.4 Å². The first-order chi connectivity index (χ1) is 11.5. The topological polar surface area (TPSA) is 75.2 Å². The van der Waals surface area contributed by atoms with Crippen LogP contribution >= 0.6 is 11.6 Å². The lowest BCUT2D eigenvalue weighted by atomic mass is 10.2. The molecule has 124 valence electrons. The lowest BCUT2D eigenvalue weighted by Crippen LogP contribution is -2.32. The molecule has 1 aliphatic heterocycles. The Kier molecular flexibility index (Phi) is 4.76. The van der Waals surface area contributed by atoms with Gasteiger partial charge in [-0.3, -0.25) is 9.59 Å². The second-order valence-electron chi connectivity index (χ2n) is 5.86. The summed E-state index contributed by atoms with van der Waals surface area (Å²) in [5.74, 6) is -0.272. The van der Waals surface area contributed by atoms with Crippen molar-refractivity contribution in [1.82, 2.24) is 14.9 Å². The molecule has 1 unspecified atom stereocenters. The van der Waals surface area contributed by atoms with Crippen molar-refractivity contribution in [1.29, 1.82) is 0 Å². The standard InChI is InChI=1S/C17H17ClN4O2/c1-11-6-9-22(10-11)17(24)15-14(19-7-8-20-15)16(23)21-13-4-2-12(18)3-5-13/h2-5,7-8,11H,6,9-10H2,1H3,(H,21,23). The summed E-state index contributed by atoms with van der Waals surface area (Å²) in [4.78, 5) is 35.0. The van der Waals surface area contributed by atoms with Gasteiger partial charge >= 0.3 is 0 Å². The molecule has 1 aliphatic rings. The van der Waals surface area contributed by atoms with Gasteiger partial charge < -0.3 is 10.2 Å². The minimum absolute atomic E-state index is 0.0250. The molecule has 0 aliphatic carbocycles. The first-order valence-electron chi connectivity index (χ1n) is 7.72. The SMILES string of the molecule is CC1CCN(C(=O)c2nccnc2C(=O)Nc2ccc(Cl)cc2)C1. The van der Waals surface area contributed by atoms with Crippen LogP contribution in [0.5, 0.6) is 0 Å². The molecule has 0 bridgehead atoms. The number of likely N-dealkylation sites (tertiary alicyclic amines) is 1. The number of nitrogens with zero attached hydrogens (tertiary/aromatic N) is 3. The third kappa shape index (κ3) is 3.54. The predicted molar refractivity (Wildman–Crippen MR) is 91.1 cm³/mol. The molecule has 2 heterocycles. The maximum absolute atomic E-state index is 12.6. The molecular weight excluding hydrogens is 328 g/mol. The zero-order valence-electron chi connectivity index (χ0n) is 13.2. The van der Waals surface area contributed by atoms with Crippen molar-refractivity contribution in [3.05, 3.63) is 53.1 Å². The van der Waals surface area contributed by atoms with Gasteiger partial charge in [0.05, 0.1) is 0 Å². The fourth-order valence-corrected chi connectivity index (χ4v) is 2.78. The average Bonchev–Trinajstić information content (AvgIpc) is 3.02. The molecule has 0 saturated carbocycles. The van der Waals surface area contributed by atoms with Crippen molar-refractivity contribution < 1.29 is 9.59 Å². The van der Waals surface area contributed by atoms with E-state index in [0.29, 0.717) is 29.7 Å². The van der Waals surface area contributed by atoms with Gasteiger partial charge in [-0.1, -0.05) is 18.5 Å². The number of amides is 2. The molecule has 1 fully saturated rings. The molecule has 2 aromatic rings. The highest BCUT2D eigenvalue weighted by Crippen LogP contribution is 2.19. The molecule has 0 radical (unpaired) electrons. The van der Waals surface area contributed by atoms with Crippen LogP contribution in [0.2, 0.25) is 5.02 Å². The van der Waals surface area contributed by atoms with Crippen LogP contribution < -0.4 is 5.32 Å². The van der Waals surface area contributed by atoms with Gasteiger partial charge in [-0.15, -0.1) is 0 Å². The fourth-order valence-electron chi connectivity index (χ4n) is 2.65. The van der Waals surface area contributed by atoms with Crippen molar-refractivity contribution in [2.75, 3.05) is 18.4 Å². The number of halogens is 1. The number of carbonyl (C=O) groups is 2. The number of anilines is 1. The maximum atomic E-state index is 12.6. The highest BCUT2D eigenvalue weighted by atomic mass is 35.5. The van der Waals surface area contributed by atoms with E-state index in [1.54, 1.807) is 29.2 Å². The highest BCUT2D eigenvalue weighted by Gasteiger charge is 2.29. The minimum atomic E-state index is -0.471. The minimum Gasteiger partial charge on any atom is -0.337 e. The smallest absolute Gasteiger partial charge is 0.276 e. The second-order valence-corrected chi connectivity index (χ2v) is 6.30. The molecule has 2 amide bonds. The summed E-state index contributed by atoms with van der Waals surface area (Å²) in [7, 11) is 0. The molecule has 7 heteroatoms. The third-order valence-corrected chi connectivity index (χ3v) is 4.18. The monoisotopic (exact) mass is 344 g/mol. The van der Waals surface area contributed by atoms with Gasteiger partial charge in [0.15, 0.2) is 11.4 Å². The van der Waals surface area contributed by atoms with Crippen LogP contribution in [0.3, 0.4) is 0 Å². The Morgan fingerprint density at radius 2 is 1.83 bits per heavy atom. The van der Waals surface area contributed by atoms with Crippen LogP contribution in [0.1, 0.15) is 34.3 Å². The van der Waals surface area contributed by atoms with Crippen LogP contribution in [0.15, 0.2) is 36.7 Å². The van der Waals surface area contributed by atoms with Gasteiger partial charge in [-0.25, -0.2) is 9.97 Å². The van der Waals surface area contributed by atoms with Crippen LogP contribution in [0.4, 0.5) is 5.69 Å². The largest absolute Gasteiger partial charge is 0.337 e. The van der Waals surface area contributed by atoms with Crippen LogP contribution in [0, 0.1) is 5.92 Å². The summed E-state index contributed by atoms with van der Waals surface area (Å²) < 4.78 is 0. The first kappa shape index (κ1) is 16.4. The lowest BCUT2D eigenvalue weighted by Gasteiger charge is -2.16. The highest BCUT2D eigenvalue weighted by molar-refractivity contribution is 6.30. The van der Waals surface area contributed by atoms with Gasteiger partial charge in [-0.05, 0) is 36.6 Å². The van der Waals surface area contributed by atoms with E-state index in [4.69, 9.17) is 11.6 Å². The van der Waals surface area contributed by atoms with Gasteiger partial charge in [-0.2, -0.15) is 0 Å². The Labute approximate surface area is 144 Å². The molecule has 1 aromatic carbocycles. The van der Waals surface area contributed by atoms with Crippen molar-refractivity contribution in [3.8, 4) is 0 Å². The van der Waals surface area contributed by atoms with Gasteiger partial charge in [0.2, 0.25) is 0 Å². The summed E-state index contributed by atoms with van der Waals surface area (Å²) in [6.07, 6.45) is 3.78. The average molecular weight is 345 g/mol. The third-order valence-electron chi connectivity index (χ3n) is 3.93. The van der Waals surface area contributed by atoms with Gasteiger partial charge in [0.25, 0.3) is 11.8 Å². The van der Waals surface area contributed by atoms with Crippen LogP contribution in [-0.4, -0.2) is 39.8 Å². The molecule has 24 heavy (non-hydrogen) atoms. The number of benzene rings is 1. The Morgan fingerprint density at radius 3 is 2.46 bits per heavy atom. The van der Waals surface area contributed by atoms with Crippen LogP contribution in [0.25, 0.3) is 0 Å². The fraction of sp³-hybridized carbons (Fsp3) is 0.294. The van der Waals surface area contributed by atoms with Crippen molar-refractivity contribution in [3.63, 3.8) is 0 Å². The van der Waals surface area contributed by atoms with Crippen molar-refractivity contribution >= 4 is 29.1 Å². The maximum Gasteiger partial charge on any atom is 0.276 e. The lowest BCUT2D eigenvalue weighted by molar-refractivity contribution is 0.0776. The quantitative estimate of drug-likeness (QED) is 0.929. The number of rotatable bonds is 3. The van der Waals surface area contributed by atoms with E-state index >= 15 is 0 Å². The number of hydrogen-bond acceptors (Lipinski definition) is 4. The Balaban J connectivity index is 1.81. The van der Waals surface area contributed by atoms with Crippen LogP contribution in [-0.2, 0) is 0 Å². The number of hydrogen-bond donors (Lipinski definition) is 1. The zero-order valence-corrected chi connectivity index (χ0v) is 14.0. The zero-order chi connectivity index (χ0) is 17.1. The van der Waals surface area contributed by atoms with Crippen molar-refractivity contribution in [2.45, 2.75) is 13.3 Å². The van der Waals surface area contributed by atoms with Gasteiger partial charge in [0.1, 0.15) is 0 Å². The summed E-state index contributed by atoms with van der Waals surface area (Å²) in [5, 5.41) is 3.28. The number of carbonyl (C=O) groups excluding carboxylic acids is 2. The Hall–Kier alpha value is -2.47. The summed E-state index contributed by atoms with van der Waals surface area (Å²) >= 11 is 5.83. The number of nitrogens with one attached hydrogen (secondary N) is 1. The first-order valence-corrected chi connectivity index (χ1v) is 8.09. The van der Waals surface area contributed by atoms with E-state index < -0.39 is 5.91 Å². The normalized spacial score (nSPS) is 16.9. The number of aromatic nitrogens is 2. The van der Waals surface area contributed by atoms with E-state index in [-0.39, 0.29) is 17.3 Å². The molecule has 1 N–H and O–H groups in total. The van der Waals surface area contributed by atoms with E-state index in [0.717, 1.165) is 6.42 Å². The van der Waals surface area contributed by atoms with E-state index in [9.17, 15) is 9.59 Å². The molecule has 6 nitrogen and oxygen atoms in total.